The smallest absolute Gasteiger partial charge is 0.288 e. The molecule has 0 aliphatic rings. The third kappa shape index (κ3) is 3.15. The molecule has 3 rings (SSSR count). The zero-order chi connectivity index (χ0) is 16.6. The molecule has 0 unspecified atom stereocenters. The molecule has 6 nitrogen and oxygen atoms in total. The lowest BCUT2D eigenvalue weighted by Crippen LogP contribution is -2.11. The van der Waals surface area contributed by atoms with Gasteiger partial charge in [-0.2, -0.15) is 0 Å². The number of nitro benzene ring substituents is 1. The van der Waals surface area contributed by atoms with Gasteiger partial charge in [0.2, 0.25) is 0 Å². The minimum atomic E-state index is -0.625. The van der Waals surface area contributed by atoms with Crippen LogP contribution in [0.15, 0.2) is 36.4 Å². The molecule has 1 aromatic heterocycles. The van der Waals surface area contributed by atoms with E-state index in [0.717, 1.165) is 21.8 Å². The fraction of sp³-hybridized carbons (Fsp3) is 0.0667. The van der Waals surface area contributed by atoms with Gasteiger partial charge < -0.3 is 0 Å². The van der Waals surface area contributed by atoms with Gasteiger partial charge in [0.1, 0.15) is 5.02 Å². The Morgan fingerprint density at radius 3 is 2.83 bits per heavy atom. The average Bonchev–Trinajstić information content (AvgIpc) is 2.88. The van der Waals surface area contributed by atoms with Crippen molar-refractivity contribution in [3.8, 4) is 0 Å². The lowest BCUT2D eigenvalue weighted by Gasteiger charge is -2.02. The Balaban J connectivity index is 1.88. The maximum Gasteiger partial charge on any atom is 0.288 e. The molecule has 1 N–H and O–H groups in total. The normalized spacial score (nSPS) is 10.7. The lowest BCUT2D eigenvalue weighted by atomic mass is 10.2. The third-order valence-corrected chi connectivity index (χ3v) is 4.42. The highest BCUT2D eigenvalue weighted by Gasteiger charge is 2.17. The number of aryl methyl sites for hydroxylation is 1. The van der Waals surface area contributed by atoms with Crippen LogP contribution in [0.25, 0.3) is 10.2 Å². The molecule has 0 saturated heterocycles. The molecular formula is C15H10ClN3O3S. The van der Waals surface area contributed by atoms with Crippen molar-refractivity contribution in [1.29, 1.82) is 0 Å². The number of nitro groups is 1. The van der Waals surface area contributed by atoms with Crippen LogP contribution >= 0.6 is 22.9 Å². The van der Waals surface area contributed by atoms with Crippen molar-refractivity contribution in [3.05, 3.63) is 62.7 Å². The highest BCUT2D eigenvalue weighted by Crippen LogP contribution is 2.28. The van der Waals surface area contributed by atoms with Crippen LogP contribution in [0.5, 0.6) is 0 Å². The number of rotatable bonds is 3. The molecule has 116 valence electrons. The predicted octanol–water partition coefficient (Wildman–Crippen LogP) is 4.42. The zero-order valence-corrected chi connectivity index (χ0v) is 13.4. The number of carbonyl (C=O) groups excluding carboxylic acids is 1. The zero-order valence-electron chi connectivity index (χ0n) is 11.9. The molecule has 23 heavy (non-hydrogen) atoms. The van der Waals surface area contributed by atoms with Gasteiger partial charge in [-0.15, -0.1) is 0 Å². The van der Waals surface area contributed by atoms with Crippen molar-refractivity contribution in [2.45, 2.75) is 6.92 Å². The van der Waals surface area contributed by atoms with Crippen LogP contribution in [0.3, 0.4) is 0 Å². The highest BCUT2D eigenvalue weighted by molar-refractivity contribution is 7.22. The molecule has 0 spiro atoms. The molecule has 1 amide bonds. The number of fused-ring (bicyclic) bond motifs is 1. The first-order valence-corrected chi connectivity index (χ1v) is 7.76. The molecule has 8 heteroatoms. The number of nitrogens with zero attached hydrogens (tertiary/aromatic N) is 2. The van der Waals surface area contributed by atoms with E-state index < -0.39 is 10.8 Å². The van der Waals surface area contributed by atoms with Crippen molar-refractivity contribution in [3.63, 3.8) is 0 Å². The quantitative estimate of drug-likeness (QED) is 0.561. The van der Waals surface area contributed by atoms with Crippen LogP contribution in [0.1, 0.15) is 15.9 Å². The number of thiazole rings is 1. The number of hydrogen-bond acceptors (Lipinski definition) is 5. The van der Waals surface area contributed by atoms with E-state index in [1.807, 2.05) is 25.1 Å². The van der Waals surface area contributed by atoms with Crippen molar-refractivity contribution in [2.75, 3.05) is 5.32 Å². The van der Waals surface area contributed by atoms with Crippen LogP contribution in [0, 0.1) is 17.0 Å². The summed E-state index contributed by atoms with van der Waals surface area (Å²) in [6.07, 6.45) is 0. The number of carbonyl (C=O) groups is 1. The van der Waals surface area contributed by atoms with E-state index in [-0.39, 0.29) is 16.3 Å². The Hall–Kier alpha value is -2.51. The Morgan fingerprint density at radius 1 is 1.30 bits per heavy atom. The summed E-state index contributed by atoms with van der Waals surface area (Å²) in [7, 11) is 0. The number of nitrogens with one attached hydrogen (secondary N) is 1. The SMILES string of the molecule is Cc1ccc2nc(NC(=O)c3ccc(Cl)c([N+](=O)[O-])c3)sc2c1. The number of amides is 1. The summed E-state index contributed by atoms with van der Waals surface area (Å²) in [5, 5.41) is 14.0. The topological polar surface area (TPSA) is 85.1 Å². The predicted molar refractivity (Wildman–Crippen MR) is 90.4 cm³/mol. The molecule has 1 heterocycles. The maximum atomic E-state index is 12.2. The van der Waals surface area contributed by atoms with Gasteiger partial charge in [-0.05, 0) is 36.8 Å². The number of benzene rings is 2. The van der Waals surface area contributed by atoms with E-state index in [1.165, 1.54) is 23.5 Å². The maximum absolute atomic E-state index is 12.2. The van der Waals surface area contributed by atoms with E-state index in [9.17, 15) is 14.9 Å². The number of aromatic nitrogens is 1. The standard InChI is InChI=1S/C15H10ClN3O3S/c1-8-2-5-11-13(6-8)23-15(17-11)18-14(20)9-3-4-10(16)12(7-9)19(21)22/h2-7H,1H3,(H,17,18,20). The molecule has 2 aromatic carbocycles. The van der Waals surface area contributed by atoms with Crippen molar-refractivity contribution >= 4 is 49.9 Å². The molecule has 0 atom stereocenters. The van der Waals surface area contributed by atoms with Crippen LogP contribution < -0.4 is 5.32 Å². The molecule has 0 aliphatic carbocycles. The van der Waals surface area contributed by atoms with Crippen molar-refractivity contribution < 1.29 is 9.72 Å². The van der Waals surface area contributed by atoms with Gasteiger partial charge in [-0.25, -0.2) is 4.98 Å². The fourth-order valence-electron chi connectivity index (χ4n) is 2.05. The van der Waals surface area contributed by atoms with Gasteiger partial charge >= 0.3 is 0 Å². The van der Waals surface area contributed by atoms with Gasteiger partial charge in [0.25, 0.3) is 11.6 Å². The molecular weight excluding hydrogens is 338 g/mol. The van der Waals surface area contributed by atoms with E-state index in [2.05, 4.69) is 10.3 Å². The Kier molecular flexibility index (Phi) is 3.97. The molecule has 0 bridgehead atoms. The molecule has 0 radical (unpaired) electrons. The third-order valence-electron chi connectivity index (χ3n) is 3.17. The first-order chi connectivity index (χ1) is 10.9. The van der Waals surface area contributed by atoms with Crippen LogP contribution in [-0.2, 0) is 0 Å². The minimum absolute atomic E-state index is 0.0120. The monoisotopic (exact) mass is 347 g/mol. The van der Waals surface area contributed by atoms with Crippen LogP contribution in [0.2, 0.25) is 5.02 Å². The highest BCUT2D eigenvalue weighted by atomic mass is 35.5. The number of halogens is 1. The number of anilines is 1. The average molecular weight is 348 g/mol. The molecule has 0 fully saturated rings. The van der Waals surface area contributed by atoms with Gasteiger partial charge in [0, 0.05) is 11.6 Å². The van der Waals surface area contributed by atoms with Crippen molar-refractivity contribution in [2.24, 2.45) is 0 Å². The second kappa shape index (κ2) is 5.94. The van der Waals surface area contributed by atoms with Gasteiger partial charge in [0.15, 0.2) is 5.13 Å². The fourth-order valence-corrected chi connectivity index (χ4v) is 3.19. The minimum Gasteiger partial charge on any atom is -0.298 e. The van der Waals surface area contributed by atoms with Gasteiger partial charge in [-0.1, -0.05) is 29.0 Å². The molecule has 0 aliphatic heterocycles. The van der Waals surface area contributed by atoms with Crippen LogP contribution in [-0.4, -0.2) is 15.8 Å². The Bertz CT molecular complexity index is 939. The molecule has 0 saturated carbocycles. The molecule has 3 aromatic rings. The summed E-state index contributed by atoms with van der Waals surface area (Å²) in [6, 6.07) is 9.71. The Morgan fingerprint density at radius 2 is 2.09 bits per heavy atom. The van der Waals surface area contributed by atoms with E-state index >= 15 is 0 Å². The van der Waals surface area contributed by atoms with Gasteiger partial charge in [-0.3, -0.25) is 20.2 Å². The number of hydrogen-bond donors (Lipinski definition) is 1. The van der Waals surface area contributed by atoms with E-state index in [1.54, 1.807) is 0 Å². The summed E-state index contributed by atoms with van der Waals surface area (Å²) < 4.78 is 0.961. The summed E-state index contributed by atoms with van der Waals surface area (Å²) in [6.45, 7) is 1.98. The first-order valence-electron chi connectivity index (χ1n) is 6.56. The first kappa shape index (κ1) is 15.4. The van der Waals surface area contributed by atoms with Crippen molar-refractivity contribution in [1.82, 2.24) is 4.98 Å². The summed E-state index contributed by atoms with van der Waals surface area (Å²) >= 11 is 7.09. The van der Waals surface area contributed by atoms with E-state index in [4.69, 9.17) is 11.6 Å². The second-order valence-electron chi connectivity index (χ2n) is 4.87. The van der Waals surface area contributed by atoms with E-state index in [0.29, 0.717) is 5.13 Å². The summed E-state index contributed by atoms with van der Waals surface area (Å²) in [4.78, 5) is 26.8. The second-order valence-corrected chi connectivity index (χ2v) is 6.31. The van der Waals surface area contributed by atoms with Gasteiger partial charge in [0.05, 0.1) is 15.1 Å². The van der Waals surface area contributed by atoms with Crippen LogP contribution in [0.4, 0.5) is 10.8 Å². The largest absolute Gasteiger partial charge is 0.298 e. The lowest BCUT2D eigenvalue weighted by molar-refractivity contribution is -0.384. The summed E-state index contributed by atoms with van der Waals surface area (Å²) in [5.74, 6) is -0.472. The summed E-state index contributed by atoms with van der Waals surface area (Å²) in [5.41, 5.74) is 1.74. The Labute approximate surface area is 139 Å².